The number of nitrogens with one attached hydrogen (secondary N) is 2. The maximum Gasteiger partial charge on any atom is 0.147 e. The van der Waals surface area contributed by atoms with Gasteiger partial charge in [-0.15, -0.1) is 0 Å². The van der Waals surface area contributed by atoms with Gasteiger partial charge < -0.3 is 10.6 Å². The van der Waals surface area contributed by atoms with Gasteiger partial charge in [-0.3, -0.25) is 4.98 Å². The molecule has 0 radical (unpaired) electrons. The van der Waals surface area contributed by atoms with Crippen LogP contribution in [0.5, 0.6) is 0 Å². The molecule has 16 heavy (non-hydrogen) atoms. The molecule has 1 aliphatic rings. The molecule has 2 rings (SSSR count). The smallest absolute Gasteiger partial charge is 0.147 e. The minimum atomic E-state index is 0.767. The van der Waals surface area contributed by atoms with Gasteiger partial charge in [0, 0.05) is 12.7 Å². The topological polar surface area (TPSA) is 49.8 Å². The molecule has 4 heteroatoms. The summed E-state index contributed by atoms with van der Waals surface area (Å²) in [6, 6.07) is 0. The molecule has 0 bridgehead atoms. The lowest BCUT2D eigenvalue weighted by Gasteiger charge is -2.23. The summed E-state index contributed by atoms with van der Waals surface area (Å²) in [5.74, 6) is 1.71. The summed E-state index contributed by atoms with van der Waals surface area (Å²) in [4.78, 5) is 8.77. The highest BCUT2D eigenvalue weighted by molar-refractivity contribution is 5.39. The van der Waals surface area contributed by atoms with Crippen LogP contribution in [0.15, 0.2) is 6.20 Å². The highest BCUT2D eigenvalue weighted by Crippen LogP contribution is 2.14. The standard InChI is InChI=1S/C12H20N4/c1-9-7-14-10(2)12(16-9)15-8-11-3-5-13-6-4-11/h7,11,13H,3-6,8H2,1-2H3,(H,15,16). The average Bonchev–Trinajstić information content (AvgIpc) is 2.32. The summed E-state index contributed by atoms with van der Waals surface area (Å²) in [5, 5.41) is 6.80. The van der Waals surface area contributed by atoms with E-state index in [9.17, 15) is 0 Å². The highest BCUT2D eigenvalue weighted by Gasteiger charge is 2.13. The number of aromatic nitrogens is 2. The van der Waals surface area contributed by atoms with Crippen LogP contribution in [0.2, 0.25) is 0 Å². The van der Waals surface area contributed by atoms with Crippen molar-refractivity contribution >= 4 is 5.82 Å². The van der Waals surface area contributed by atoms with Gasteiger partial charge in [0.15, 0.2) is 0 Å². The van der Waals surface area contributed by atoms with Crippen LogP contribution in [0.25, 0.3) is 0 Å². The third-order valence-electron chi connectivity index (χ3n) is 3.09. The Bertz CT molecular complexity index is 345. The summed E-state index contributed by atoms with van der Waals surface area (Å²) >= 11 is 0. The number of aryl methyl sites for hydroxylation is 2. The molecule has 0 aromatic carbocycles. The van der Waals surface area contributed by atoms with E-state index in [2.05, 4.69) is 20.6 Å². The van der Waals surface area contributed by atoms with E-state index >= 15 is 0 Å². The van der Waals surface area contributed by atoms with E-state index in [1.165, 1.54) is 12.8 Å². The molecule has 0 amide bonds. The van der Waals surface area contributed by atoms with Crippen molar-refractivity contribution in [1.29, 1.82) is 0 Å². The molecule has 1 saturated heterocycles. The number of anilines is 1. The lowest BCUT2D eigenvalue weighted by atomic mass is 9.98. The number of piperidine rings is 1. The van der Waals surface area contributed by atoms with Crippen LogP contribution in [0.4, 0.5) is 5.82 Å². The minimum Gasteiger partial charge on any atom is -0.368 e. The van der Waals surface area contributed by atoms with Crippen molar-refractivity contribution in [1.82, 2.24) is 15.3 Å². The molecule has 0 saturated carbocycles. The molecule has 2 N–H and O–H groups in total. The van der Waals surface area contributed by atoms with Gasteiger partial charge in [0.25, 0.3) is 0 Å². The van der Waals surface area contributed by atoms with Crippen LogP contribution >= 0.6 is 0 Å². The summed E-state index contributed by atoms with van der Waals surface area (Å²) in [5.41, 5.74) is 1.96. The Labute approximate surface area is 96.9 Å². The second-order valence-corrected chi connectivity index (χ2v) is 4.52. The predicted octanol–water partition coefficient (Wildman–Crippen LogP) is 1.50. The third-order valence-corrected chi connectivity index (χ3v) is 3.09. The van der Waals surface area contributed by atoms with Crippen molar-refractivity contribution in [3.63, 3.8) is 0 Å². The van der Waals surface area contributed by atoms with E-state index < -0.39 is 0 Å². The lowest BCUT2D eigenvalue weighted by Crippen LogP contribution is -2.31. The largest absolute Gasteiger partial charge is 0.368 e. The Morgan fingerprint density at radius 3 is 2.88 bits per heavy atom. The molecule has 88 valence electrons. The summed E-state index contributed by atoms with van der Waals surface area (Å²) in [6.07, 6.45) is 4.32. The zero-order chi connectivity index (χ0) is 11.4. The average molecular weight is 220 g/mol. The summed E-state index contributed by atoms with van der Waals surface area (Å²) < 4.78 is 0. The Morgan fingerprint density at radius 2 is 2.12 bits per heavy atom. The molecular formula is C12H20N4. The molecule has 2 heterocycles. The molecule has 1 fully saturated rings. The zero-order valence-corrected chi connectivity index (χ0v) is 10.1. The fraction of sp³-hybridized carbons (Fsp3) is 0.667. The Kier molecular flexibility index (Phi) is 3.72. The molecular weight excluding hydrogens is 200 g/mol. The fourth-order valence-electron chi connectivity index (χ4n) is 2.03. The molecule has 0 atom stereocenters. The van der Waals surface area contributed by atoms with E-state index in [-0.39, 0.29) is 0 Å². The Balaban J connectivity index is 1.90. The van der Waals surface area contributed by atoms with Gasteiger partial charge in [-0.05, 0) is 45.7 Å². The van der Waals surface area contributed by atoms with Crippen LogP contribution in [0.3, 0.4) is 0 Å². The number of hydrogen-bond donors (Lipinski definition) is 2. The molecule has 1 aromatic heterocycles. The van der Waals surface area contributed by atoms with Crippen LogP contribution < -0.4 is 10.6 Å². The van der Waals surface area contributed by atoms with Crippen molar-refractivity contribution in [3.8, 4) is 0 Å². The van der Waals surface area contributed by atoms with Gasteiger partial charge in [0.05, 0.1) is 11.4 Å². The van der Waals surface area contributed by atoms with Gasteiger partial charge in [-0.1, -0.05) is 0 Å². The fourth-order valence-corrected chi connectivity index (χ4v) is 2.03. The first-order valence-electron chi connectivity index (χ1n) is 6.00. The molecule has 0 spiro atoms. The van der Waals surface area contributed by atoms with E-state index in [0.29, 0.717) is 0 Å². The quantitative estimate of drug-likeness (QED) is 0.810. The van der Waals surface area contributed by atoms with Crippen molar-refractivity contribution in [2.24, 2.45) is 5.92 Å². The van der Waals surface area contributed by atoms with Crippen molar-refractivity contribution in [2.75, 3.05) is 25.0 Å². The van der Waals surface area contributed by atoms with Crippen LogP contribution in [0.1, 0.15) is 24.2 Å². The van der Waals surface area contributed by atoms with Gasteiger partial charge in [0.2, 0.25) is 0 Å². The van der Waals surface area contributed by atoms with Crippen LogP contribution in [-0.2, 0) is 0 Å². The highest BCUT2D eigenvalue weighted by atomic mass is 15.0. The first kappa shape index (κ1) is 11.3. The summed E-state index contributed by atoms with van der Waals surface area (Å²) in [6.45, 7) is 7.27. The molecule has 4 nitrogen and oxygen atoms in total. The number of hydrogen-bond acceptors (Lipinski definition) is 4. The van der Waals surface area contributed by atoms with Crippen LogP contribution in [-0.4, -0.2) is 29.6 Å². The predicted molar refractivity (Wildman–Crippen MR) is 65.6 cm³/mol. The van der Waals surface area contributed by atoms with Gasteiger partial charge >= 0.3 is 0 Å². The normalized spacial score (nSPS) is 17.4. The molecule has 1 aliphatic heterocycles. The van der Waals surface area contributed by atoms with E-state index in [1.54, 1.807) is 0 Å². The molecule has 0 aliphatic carbocycles. The number of nitrogens with zero attached hydrogens (tertiary/aromatic N) is 2. The van der Waals surface area contributed by atoms with Crippen molar-refractivity contribution < 1.29 is 0 Å². The lowest BCUT2D eigenvalue weighted by molar-refractivity contribution is 0.389. The van der Waals surface area contributed by atoms with E-state index in [1.807, 2.05) is 20.0 Å². The maximum absolute atomic E-state index is 4.47. The van der Waals surface area contributed by atoms with E-state index in [4.69, 9.17) is 0 Å². The number of rotatable bonds is 3. The monoisotopic (exact) mass is 220 g/mol. The first-order chi connectivity index (χ1) is 7.75. The maximum atomic E-state index is 4.47. The summed E-state index contributed by atoms with van der Waals surface area (Å²) in [7, 11) is 0. The molecule has 1 aromatic rings. The van der Waals surface area contributed by atoms with Gasteiger partial charge in [-0.25, -0.2) is 4.98 Å². The second kappa shape index (κ2) is 5.25. The molecule has 0 unspecified atom stereocenters. The Hall–Kier alpha value is -1.16. The SMILES string of the molecule is Cc1cnc(C)c(NCC2CCNCC2)n1. The first-order valence-corrected chi connectivity index (χ1v) is 6.00. The minimum absolute atomic E-state index is 0.767. The third kappa shape index (κ3) is 2.92. The van der Waals surface area contributed by atoms with Gasteiger partial charge in [0.1, 0.15) is 5.82 Å². The Morgan fingerprint density at radius 1 is 1.38 bits per heavy atom. The van der Waals surface area contributed by atoms with Gasteiger partial charge in [-0.2, -0.15) is 0 Å². The van der Waals surface area contributed by atoms with Crippen molar-refractivity contribution in [2.45, 2.75) is 26.7 Å². The van der Waals surface area contributed by atoms with E-state index in [0.717, 1.165) is 42.8 Å². The zero-order valence-electron chi connectivity index (χ0n) is 10.1. The van der Waals surface area contributed by atoms with Crippen molar-refractivity contribution in [3.05, 3.63) is 17.6 Å². The van der Waals surface area contributed by atoms with Crippen LogP contribution in [0, 0.1) is 19.8 Å². The second-order valence-electron chi connectivity index (χ2n) is 4.52.